The van der Waals surface area contributed by atoms with E-state index < -0.39 is 0 Å². The number of benzene rings is 2. The Labute approximate surface area is 118 Å². The third kappa shape index (κ3) is 2.40. The van der Waals surface area contributed by atoms with Crippen molar-refractivity contribution in [3.05, 3.63) is 66.4 Å². The van der Waals surface area contributed by atoms with E-state index in [1.165, 1.54) is 5.69 Å². The number of para-hydroxylation sites is 1. The smallest absolute Gasteiger partial charge is 0.182 e. The highest BCUT2D eigenvalue weighted by molar-refractivity contribution is 5.65. The van der Waals surface area contributed by atoms with Gasteiger partial charge < -0.3 is 9.74 Å². The minimum absolute atomic E-state index is 0.805. The summed E-state index contributed by atoms with van der Waals surface area (Å²) in [6, 6.07) is 18.2. The van der Waals surface area contributed by atoms with Gasteiger partial charge in [0.1, 0.15) is 0 Å². The third-order valence-corrected chi connectivity index (χ3v) is 3.16. The topological polar surface area (TPSA) is 27.7 Å². The Morgan fingerprint density at radius 2 is 1.65 bits per heavy atom. The van der Waals surface area contributed by atoms with Crippen LogP contribution < -0.4 is 15.5 Å². The van der Waals surface area contributed by atoms with Crippen molar-refractivity contribution in [1.82, 2.24) is 5.43 Å². The van der Waals surface area contributed by atoms with Gasteiger partial charge in [0.2, 0.25) is 0 Å². The van der Waals surface area contributed by atoms with Crippen molar-refractivity contribution >= 4 is 17.1 Å². The number of nitrogens with zero attached hydrogens (tertiary/aromatic N) is 2. The predicted octanol–water partition coefficient (Wildman–Crippen LogP) is 3.01. The van der Waals surface area contributed by atoms with Crippen molar-refractivity contribution in [3.63, 3.8) is 0 Å². The maximum Gasteiger partial charge on any atom is 0.182 e. The summed E-state index contributed by atoms with van der Waals surface area (Å²) in [4.78, 5) is 7.88. The van der Waals surface area contributed by atoms with E-state index in [1.807, 2.05) is 50.6 Å². The van der Waals surface area contributed by atoms with Crippen LogP contribution in [0.15, 0.2) is 60.8 Å². The monoisotopic (exact) mass is 267 g/mol. The minimum atomic E-state index is 0.805. The summed E-state index contributed by atoms with van der Waals surface area (Å²) in [7, 11) is 4.05. The van der Waals surface area contributed by atoms with Gasteiger partial charge in [-0.15, -0.1) is 5.17 Å². The lowest BCUT2D eigenvalue weighted by Crippen LogP contribution is -2.27. The molecule has 0 atom stereocenters. The molecule has 0 amide bonds. The zero-order valence-electron chi connectivity index (χ0n) is 11.6. The maximum absolute atomic E-state index is 5.80. The van der Waals surface area contributed by atoms with Crippen molar-refractivity contribution in [2.45, 2.75) is 0 Å². The van der Waals surface area contributed by atoms with Crippen molar-refractivity contribution < 1.29 is 4.84 Å². The van der Waals surface area contributed by atoms with E-state index in [4.69, 9.17) is 4.84 Å². The highest BCUT2D eigenvalue weighted by Crippen LogP contribution is 2.25. The van der Waals surface area contributed by atoms with Gasteiger partial charge in [-0.1, -0.05) is 18.2 Å². The van der Waals surface area contributed by atoms with E-state index in [1.54, 1.807) is 5.17 Å². The molecule has 0 radical (unpaired) electrons. The molecule has 1 aliphatic heterocycles. The van der Waals surface area contributed by atoms with Gasteiger partial charge in [0.25, 0.3) is 0 Å². The van der Waals surface area contributed by atoms with E-state index in [0.29, 0.717) is 0 Å². The Bertz CT molecular complexity index is 605. The quantitative estimate of drug-likeness (QED) is 0.925. The molecule has 20 heavy (non-hydrogen) atoms. The average Bonchev–Trinajstić information content (AvgIpc) is 2.98. The van der Waals surface area contributed by atoms with Crippen LogP contribution in [-0.2, 0) is 4.84 Å². The molecule has 0 spiro atoms. The van der Waals surface area contributed by atoms with Gasteiger partial charge in [-0.2, -0.15) is 0 Å². The summed E-state index contributed by atoms with van der Waals surface area (Å²) in [6.07, 6.45) is 1.86. The molecule has 0 fully saturated rings. The van der Waals surface area contributed by atoms with E-state index in [0.717, 1.165) is 17.0 Å². The first kappa shape index (κ1) is 12.4. The number of rotatable bonds is 3. The zero-order valence-corrected chi connectivity index (χ0v) is 11.6. The summed E-state index contributed by atoms with van der Waals surface area (Å²) < 4.78 is 0. The van der Waals surface area contributed by atoms with Crippen molar-refractivity contribution in [2.24, 2.45) is 0 Å². The van der Waals surface area contributed by atoms with Crippen LogP contribution in [0.4, 0.5) is 11.4 Å². The number of hydrogen-bond donors (Lipinski definition) is 1. The fraction of sp³-hybridized carbons (Fsp3) is 0.125. The zero-order chi connectivity index (χ0) is 13.9. The van der Waals surface area contributed by atoms with Crippen molar-refractivity contribution in [1.29, 1.82) is 0 Å². The molecular formula is C16H17N3O. The van der Waals surface area contributed by atoms with Crippen LogP contribution in [0, 0.1) is 0 Å². The molecule has 1 heterocycles. The van der Waals surface area contributed by atoms with Crippen LogP contribution in [-0.4, -0.2) is 14.1 Å². The van der Waals surface area contributed by atoms with Crippen LogP contribution >= 0.6 is 0 Å². The number of anilines is 2. The van der Waals surface area contributed by atoms with E-state index in [-0.39, 0.29) is 0 Å². The van der Waals surface area contributed by atoms with Gasteiger partial charge in [0, 0.05) is 25.3 Å². The Balaban J connectivity index is 1.74. The van der Waals surface area contributed by atoms with Gasteiger partial charge in [0.15, 0.2) is 5.76 Å². The first-order chi connectivity index (χ1) is 9.74. The fourth-order valence-corrected chi connectivity index (χ4v) is 2.02. The fourth-order valence-electron chi connectivity index (χ4n) is 2.02. The molecule has 0 saturated heterocycles. The minimum Gasteiger partial charge on any atom is -0.378 e. The molecule has 4 heteroatoms. The predicted molar refractivity (Wildman–Crippen MR) is 81.9 cm³/mol. The van der Waals surface area contributed by atoms with E-state index in [2.05, 4.69) is 34.6 Å². The van der Waals surface area contributed by atoms with Crippen LogP contribution in [0.5, 0.6) is 0 Å². The number of hydrogen-bond acceptors (Lipinski definition) is 4. The Kier molecular flexibility index (Phi) is 3.21. The van der Waals surface area contributed by atoms with E-state index >= 15 is 0 Å². The molecular weight excluding hydrogens is 250 g/mol. The molecule has 2 aromatic rings. The van der Waals surface area contributed by atoms with Gasteiger partial charge in [0.05, 0.1) is 11.9 Å². The second-order valence-corrected chi connectivity index (χ2v) is 4.80. The second-order valence-electron chi connectivity index (χ2n) is 4.80. The molecule has 0 unspecified atom stereocenters. The molecule has 0 aromatic heterocycles. The summed E-state index contributed by atoms with van der Waals surface area (Å²) in [5, 5.41) is 1.65. The lowest BCUT2D eigenvalue weighted by molar-refractivity contribution is 0.243. The highest BCUT2D eigenvalue weighted by atomic mass is 16.7. The van der Waals surface area contributed by atoms with Crippen LogP contribution in [0.1, 0.15) is 5.56 Å². The molecule has 4 nitrogen and oxygen atoms in total. The largest absolute Gasteiger partial charge is 0.378 e. The standard InChI is InChI=1S/C16H17N3O/c1-18(2)14-10-8-13(9-11-14)16-12-17-19(20-16)15-6-4-3-5-7-15/h3-12,17H,1-2H3. The molecule has 2 aromatic carbocycles. The lowest BCUT2D eigenvalue weighted by Gasteiger charge is -2.18. The Hall–Kier alpha value is -2.62. The molecule has 0 bridgehead atoms. The summed E-state index contributed by atoms with van der Waals surface area (Å²) in [5.41, 5.74) is 6.27. The number of nitrogens with one attached hydrogen (secondary N) is 1. The third-order valence-electron chi connectivity index (χ3n) is 3.16. The molecule has 1 aliphatic rings. The van der Waals surface area contributed by atoms with Crippen molar-refractivity contribution in [2.75, 3.05) is 24.2 Å². The average molecular weight is 267 g/mol. The highest BCUT2D eigenvalue weighted by Gasteiger charge is 2.17. The summed E-state index contributed by atoms with van der Waals surface area (Å²) >= 11 is 0. The first-order valence-corrected chi connectivity index (χ1v) is 6.51. The molecule has 102 valence electrons. The van der Waals surface area contributed by atoms with Gasteiger partial charge in [-0.25, -0.2) is 0 Å². The lowest BCUT2D eigenvalue weighted by atomic mass is 10.2. The van der Waals surface area contributed by atoms with Crippen LogP contribution in [0.25, 0.3) is 5.76 Å². The molecule has 1 N–H and O–H groups in total. The molecule has 0 aliphatic carbocycles. The SMILES string of the molecule is CN(C)c1ccc(C2=CNN(c3ccccc3)O2)cc1. The normalized spacial score (nSPS) is 13.5. The number of hydrazine groups is 1. The Morgan fingerprint density at radius 1 is 0.950 bits per heavy atom. The summed E-state index contributed by atoms with van der Waals surface area (Å²) in [5.74, 6) is 0.805. The molecule has 0 saturated carbocycles. The van der Waals surface area contributed by atoms with Crippen molar-refractivity contribution in [3.8, 4) is 0 Å². The van der Waals surface area contributed by atoms with Gasteiger partial charge >= 0.3 is 0 Å². The second kappa shape index (κ2) is 5.17. The molecule has 3 rings (SSSR count). The van der Waals surface area contributed by atoms with Gasteiger partial charge in [-0.3, -0.25) is 5.43 Å². The summed E-state index contributed by atoms with van der Waals surface area (Å²) in [6.45, 7) is 0. The van der Waals surface area contributed by atoms with Crippen LogP contribution in [0.3, 0.4) is 0 Å². The maximum atomic E-state index is 5.80. The Morgan fingerprint density at radius 3 is 2.30 bits per heavy atom. The van der Waals surface area contributed by atoms with Crippen LogP contribution in [0.2, 0.25) is 0 Å². The van der Waals surface area contributed by atoms with Gasteiger partial charge in [-0.05, 0) is 36.4 Å². The first-order valence-electron chi connectivity index (χ1n) is 6.51. The van der Waals surface area contributed by atoms with E-state index in [9.17, 15) is 0 Å².